The molecular formula is C19H26Cl2N2. The Morgan fingerprint density at radius 1 is 1.04 bits per heavy atom. The van der Waals surface area contributed by atoms with Gasteiger partial charge in [-0.15, -0.1) is 0 Å². The van der Waals surface area contributed by atoms with Gasteiger partial charge in [0, 0.05) is 26.2 Å². The predicted octanol–water partition coefficient (Wildman–Crippen LogP) is 5.25. The molecule has 2 fully saturated rings. The van der Waals surface area contributed by atoms with Crippen LogP contribution in [0.4, 0.5) is 5.69 Å². The molecule has 1 aliphatic heterocycles. The summed E-state index contributed by atoms with van der Waals surface area (Å²) in [5.41, 5.74) is 2.53. The highest BCUT2D eigenvalue weighted by Crippen LogP contribution is 2.33. The second-order valence-corrected chi connectivity index (χ2v) is 7.67. The van der Waals surface area contributed by atoms with Gasteiger partial charge < -0.3 is 4.90 Å². The van der Waals surface area contributed by atoms with Crippen LogP contribution in [-0.4, -0.2) is 37.6 Å². The molecule has 23 heavy (non-hydrogen) atoms. The molecule has 126 valence electrons. The summed E-state index contributed by atoms with van der Waals surface area (Å²) in [6.07, 6.45) is 6.51. The Morgan fingerprint density at radius 2 is 1.74 bits per heavy atom. The van der Waals surface area contributed by atoms with Crippen LogP contribution in [0, 0.1) is 5.92 Å². The third kappa shape index (κ3) is 4.43. The van der Waals surface area contributed by atoms with Gasteiger partial charge in [-0.05, 0) is 56.7 Å². The largest absolute Gasteiger partial charge is 0.368 e. The van der Waals surface area contributed by atoms with Gasteiger partial charge in [0.15, 0.2) is 0 Å². The Hall–Kier alpha value is -0.700. The van der Waals surface area contributed by atoms with Crippen molar-refractivity contribution in [2.45, 2.75) is 32.1 Å². The van der Waals surface area contributed by atoms with Crippen LogP contribution in [0.2, 0.25) is 10.0 Å². The van der Waals surface area contributed by atoms with Gasteiger partial charge in [-0.2, -0.15) is 0 Å². The molecule has 1 saturated carbocycles. The number of nitrogens with zero attached hydrogens (tertiary/aromatic N) is 2. The number of piperazine rings is 1. The summed E-state index contributed by atoms with van der Waals surface area (Å²) in [5.74, 6) is 0.904. The summed E-state index contributed by atoms with van der Waals surface area (Å²) in [4.78, 5) is 4.95. The fourth-order valence-electron chi connectivity index (χ4n) is 3.69. The minimum atomic E-state index is 0.644. The van der Waals surface area contributed by atoms with E-state index in [1.165, 1.54) is 44.2 Å². The first-order valence-electron chi connectivity index (χ1n) is 8.71. The molecule has 4 heteroatoms. The average molecular weight is 353 g/mol. The number of hydrogen-bond donors (Lipinski definition) is 0. The zero-order chi connectivity index (χ0) is 16.2. The lowest BCUT2D eigenvalue weighted by atomic mass is 9.84. The lowest BCUT2D eigenvalue weighted by Crippen LogP contribution is -2.47. The van der Waals surface area contributed by atoms with E-state index >= 15 is 0 Å². The van der Waals surface area contributed by atoms with Crippen molar-refractivity contribution < 1.29 is 0 Å². The van der Waals surface area contributed by atoms with Crippen molar-refractivity contribution in [3.05, 3.63) is 40.4 Å². The fraction of sp³-hybridized carbons (Fsp3) is 0.579. The Balaban J connectivity index is 1.45. The predicted molar refractivity (Wildman–Crippen MR) is 101 cm³/mol. The highest BCUT2D eigenvalue weighted by molar-refractivity contribution is 6.43. The molecule has 0 spiro atoms. The molecule has 1 aliphatic carbocycles. The maximum Gasteiger partial charge on any atom is 0.0825 e. The maximum absolute atomic E-state index is 6.34. The number of rotatable bonds is 4. The van der Waals surface area contributed by atoms with Gasteiger partial charge >= 0.3 is 0 Å². The van der Waals surface area contributed by atoms with Crippen LogP contribution in [0.3, 0.4) is 0 Å². The van der Waals surface area contributed by atoms with Gasteiger partial charge in [-0.3, -0.25) is 4.90 Å². The molecule has 0 aromatic heterocycles. The number of hydrogen-bond acceptors (Lipinski definition) is 2. The Labute approximate surface area is 150 Å². The second-order valence-electron chi connectivity index (χ2n) is 6.88. The van der Waals surface area contributed by atoms with E-state index in [0.717, 1.165) is 37.8 Å². The van der Waals surface area contributed by atoms with E-state index in [1.54, 1.807) is 0 Å². The summed E-state index contributed by atoms with van der Waals surface area (Å²) >= 11 is 12.5. The van der Waals surface area contributed by atoms with E-state index in [4.69, 9.17) is 23.2 Å². The van der Waals surface area contributed by atoms with Crippen molar-refractivity contribution in [1.82, 2.24) is 4.90 Å². The van der Waals surface area contributed by atoms with Gasteiger partial charge in [0.25, 0.3) is 0 Å². The summed E-state index contributed by atoms with van der Waals surface area (Å²) in [7, 11) is 0. The normalized spacial score (nSPS) is 21.0. The third-order valence-electron chi connectivity index (χ3n) is 5.31. The average Bonchev–Trinajstić information content (AvgIpc) is 2.57. The van der Waals surface area contributed by atoms with Crippen molar-refractivity contribution in [2.75, 3.05) is 37.6 Å². The van der Waals surface area contributed by atoms with Crippen molar-refractivity contribution in [1.29, 1.82) is 0 Å². The number of benzene rings is 1. The minimum absolute atomic E-state index is 0.644. The Bertz CT molecular complexity index is 540. The molecule has 0 amide bonds. The molecule has 3 rings (SSSR count). The van der Waals surface area contributed by atoms with Gasteiger partial charge in [-0.1, -0.05) is 41.4 Å². The van der Waals surface area contributed by atoms with Gasteiger partial charge in [-0.25, -0.2) is 0 Å². The van der Waals surface area contributed by atoms with Crippen LogP contribution >= 0.6 is 23.2 Å². The zero-order valence-corrected chi connectivity index (χ0v) is 15.2. The molecule has 0 atom stereocenters. The van der Waals surface area contributed by atoms with Crippen LogP contribution < -0.4 is 4.90 Å². The van der Waals surface area contributed by atoms with Crippen molar-refractivity contribution in [3.63, 3.8) is 0 Å². The molecule has 2 nitrogen and oxygen atoms in total. The number of allylic oxidation sites excluding steroid dienone is 1. The first kappa shape index (κ1) is 17.1. The molecule has 2 aliphatic rings. The molecule has 0 unspecified atom stereocenters. The van der Waals surface area contributed by atoms with E-state index < -0.39 is 0 Å². The zero-order valence-electron chi connectivity index (χ0n) is 13.7. The van der Waals surface area contributed by atoms with Crippen molar-refractivity contribution in [3.8, 4) is 0 Å². The lowest BCUT2D eigenvalue weighted by Gasteiger charge is -2.37. The number of anilines is 1. The second kappa shape index (κ2) is 7.92. The Morgan fingerprint density at radius 3 is 2.43 bits per heavy atom. The third-order valence-corrected chi connectivity index (χ3v) is 6.12. The quantitative estimate of drug-likeness (QED) is 0.682. The summed E-state index contributed by atoms with van der Waals surface area (Å²) in [6, 6.07) is 5.90. The first-order chi connectivity index (χ1) is 11.1. The van der Waals surface area contributed by atoms with E-state index in [9.17, 15) is 0 Å². The smallest absolute Gasteiger partial charge is 0.0825 e. The highest BCUT2D eigenvalue weighted by Gasteiger charge is 2.21. The maximum atomic E-state index is 6.34. The van der Waals surface area contributed by atoms with E-state index in [1.807, 2.05) is 12.1 Å². The molecule has 0 radical (unpaired) electrons. The minimum Gasteiger partial charge on any atom is -0.368 e. The van der Waals surface area contributed by atoms with Gasteiger partial charge in [0.1, 0.15) is 0 Å². The lowest BCUT2D eigenvalue weighted by molar-refractivity contribution is 0.228. The summed E-state index contributed by atoms with van der Waals surface area (Å²) in [5, 5.41) is 1.33. The Kier molecular flexibility index (Phi) is 5.90. The van der Waals surface area contributed by atoms with E-state index in [0.29, 0.717) is 10.0 Å². The van der Waals surface area contributed by atoms with E-state index in [2.05, 4.69) is 22.4 Å². The fourth-order valence-corrected chi connectivity index (χ4v) is 4.10. The molecule has 1 aromatic rings. The van der Waals surface area contributed by atoms with E-state index in [-0.39, 0.29) is 0 Å². The first-order valence-corrected chi connectivity index (χ1v) is 9.47. The molecule has 1 aromatic carbocycles. The van der Waals surface area contributed by atoms with Crippen LogP contribution in [0.15, 0.2) is 30.4 Å². The molecule has 0 bridgehead atoms. The SMILES string of the molecule is C=C1CCC(CCN2CCN(c3cccc(Cl)c3Cl)CC2)CC1. The number of halogens is 2. The van der Waals surface area contributed by atoms with Crippen molar-refractivity contribution >= 4 is 28.9 Å². The van der Waals surface area contributed by atoms with Crippen LogP contribution in [0.1, 0.15) is 32.1 Å². The molecule has 1 heterocycles. The summed E-state index contributed by atoms with van der Waals surface area (Å²) < 4.78 is 0. The van der Waals surface area contributed by atoms with Crippen molar-refractivity contribution in [2.24, 2.45) is 5.92 Å². The summed E-state index contributed by atoms with van der Waals surface area (Å²) in [6.45, 7) is 9.63. The van der Waals surface area contributed by atoms with Gasteiger partial charge in [0.05, 0.1) is 15.7 Å². The molecule has 0 N–H and O–H groups in total. The van der Waals surface area contributed by atoms with Crippen LogP contribution in [-0.2, 0) is 0 Å². The van der Waals surface area contributed by atoms with Crippen LogP contribution in [0.25, 0.3) is 0 Å². The molecule has 1 saturated heterocycles. The molecular weight excluding hydrogens is 327 g/mol. The van der Waals surface area contributed by atoms with Crippen LogP contribution in [0.5, 0.6) is 0 Å². The topological polar surface area (TPSA) is 6.48 Å². The monoisotopic (exact) mass is 352 g/mol. The standard InChI is InChI=1S/C19H26Cl2N2/c1-15-5-7-16(8-6-15)9-10-22-11-13-23(14-12-22)18-4-2-3-17(20)19(18)21/h2-4,16H,1,5-14H2. The highest BCUT2D eigenvalue weighted by atomic mass is 35.5. The van der Waals surface area contributed by atoms with Gasteiger partial charge in [0.2, 0.25) is 0 Å².